The second-order valence-electron chi connectivity index (χ2n) is 7.90. The smallest absolute Gasteiger partial charge is 0.268 e. The van der Waals surface area contributed by atoms with Gasteiger partial charge in [0.15, 0.2) is 11.9 Å². The van der Waals surface area contributed by atoms with E-state index < -0.39 is 11.4 Å². The maximum absolute atomic E-state index is 13.0. The fraction of sp³-hybridized carbons (Fsp3) is 0.136. The van der Waals surface area contributed by atoms with E-state index in [4.69, 9.17) is 11.5 Å². The zero-order valence-corrected chi connectivity index (χ0v) is 24.1. The summed E-state index contributed by atoms with van der Waals surface area (Å²) in [7, 11) is 0. The number of carbonyl (C=O) groups excluding carboxylic acids is 3. The lowest BCUT2D eigenvalue weighted by molar-refractivity contribution is -0.122. The average molecular weight is 713 g/mol. The largest absolute Gasteiger partial charge is 0.370 e. The number of aliphatic imine (C=N–C) groups is 1. The van der Waals surface area contributed by atoms with E-state index in [2.05, 4.69) is 88.7 Å². The van der Waals surface area contributed by atoms with Gasteiger partial charge < -0.3 is 37.1 Å². The van der Waals surface area contributed by atoms with E-state index in [1.165, 1.54) is 6.08 Å². The van der Waals surface area contributed by atoms with E-state index in [1.54, 1.807) is 36.6 Å². The van der Waals surface area contributed by atoms with Gasteiger partial charge in [0.25, 0.3) is 17.7 Å². The van der Waals surface area contributed by atoms with E-state index in [1.807, 2.05) is 0 Å². The molecule has 198 valence electrons. The van der Waals surface area contributed by atoms with Crippen LogP contribution in [0.15, 0.2) is 55.1 Å². The van der Waals surface area contributed by atoms with Gasteiger partial charge in [-0.1, -0.05) is 12.2 Å². The zero-order chi connectivity index (χ0) is 27.4. The van der Waals surface area contributed by atoms with Gasteiger partial charge in [0.1, 0.15) is 11.4 Å². The minimum atomic E-state index is -1.60. The quantitative estimate of drug-likeness (QED) is 0.155. The normalized spacial score (nSPS) is 17.2. The second kappa shape index (κ2) is 11.4. The molecule has 0 aliphatic carbocycles. The van der Waals surface area contributed by atoms with Crippen LogP contribution >= 0.6 is 47.8 Å². The molecule has 3 aromatic heterocycles. The highest BCUT2D eigenvalue weighted by Crippen LogP contribution is 2.33. The Morgan fingerprint density at radius 2 is 1.74 bits per heavy atom. The van der Waals surface area contributed by atoms with Gasteiger partial charge in [-0.2, -0.15) is 0 Å². The number of hydrogen-bond donors (Lipinski definition) is 8. The average Bonchev–Trinajstić information content (AvgIpc) is 3.62. The summed E-state index contributed by atoms with van der Waals surface area (Å²) in [5, 5.41) is 7.95. The number of nitrogens with two attached hydrogens (primary N) is 2. The zero-order valence-electron chi connectivity index (χ0n) is 19.4. The summed E-state index contributed by atoms with van der Waals surface area (Å²) < 4.78 is 2.10. The first-order valence-electron chi connectivity index (χ1n) is 10.9. The molecular weight excluding hydrogens is 692 g/mol. The van der Waals surface area contributed by atoms with Crippen LogP contribution in [0.25, 0.3) is 6.08 Å². The van der Waals surface area contributed by atoms with Crippen molar-refractivity contribution < 1.29 is 14.4 Å². The molecule has 1 unspecified atom stereocenters. The summed E-state index contributed by atoms with van der Waals surface area (Å²) >= 11 is 9.88. The number of carbonyl (C=O) groups is 3. The first-order chi connectivity index (χ1) is 18.1. The van der Waals surface area contributed by atoms with E-state index >= 15 is 0 Å². The third kappa shape index (κ3) is 5.92. The molecule has 1 aliphatic heterocycles. The lowest BCUT2D eigenvalue weighted by atomic mass is 9.93. The van der Waals surface area contributed by atoms with Gasteiger partial charge in [0, 0.05) is 23.8 Å². The van der Waals surface area contributed by atoms with Crippen molar-refractivity contribution in [3.63, 3.8) is 0 Å². The topological polar surface area (TPSA) is 212 Å². The van der Waals surface area contributed by atoms with E-state index in [0.717, 1.165) is 4.47 Å². The molecule has 0 saturated heterocycles. The molecule has 4 heterocycles. The molecule has 1 aliphatic rings. The van der Waals surface area contributed by atoms with Gasteiger partial charge in [-0.3, -0.25) is 19.7 Å². The van der Waals surface area contributed by atoms with Crippen molar-refractivity contribution in [2.45, 2.75) is 5.54 Å². The maximum Gasteiger partial charge on any atom is 0.268 e. The number of aromatic nitrogens is 4. The van der Waals surface area contributed by atoms with Gasteiger partial charge >= 0.3 is 0 Å². The molecule has 0 radical (unpaired) electrons. The Balaban J connectivity index is 1.49. The molecule has 16 heteroatoms. The van der Waals surface area contributed by atoms with Crippen molar-refractivity contribution in [2.75, 3.05) is 18.8 Å². The van der Waals surface area contributed by atoms with Crippen LogP contribution in [0.5, 0.6) is 0 Å². The number of aromatic amines is 3. The second-order valence-corrected chi connectivity index (χ2v) is 10.5. The highest BCUT2D eigenvalue weighted by Gasteiger charge is 2.45. The number of amides is 3. The highest BCUT2D eigenvalue weighted by molar-refractivity contribution is 9.13. The van der Waals surface area contributed by atoms with E-state index in [9.17, 15) is 14.4 Å². The van der Waals surface area contributed by atoms with Crippen LogP contribution in [0, 0.1) is 0 Å². The number of hydrogen-bond acceptors (Lipinski definition) is 7. The van der Waals surface area contributed by atoms with Crippen LogP contribution < -0.4 is 27.4 Å². The van der Waals surface area contributed by atoms with Crippen molar-refractivity contribution in [1.82, 2.24) is 35.9 Å². The molecule has 3 amide bonds. The molecule has 0 saturated carbocycles. The number of nitrogen functional groups attached to an aromatic ring is 1. The molecule has 0 spiro atoms. The monoisotopic (exact) mass is 710 g/mol. The molecule has 1 atom stereocenters. The van der Waals surface area contributed by atoms with Crippen LogP contribution in [0.4, 0.5) is 5.95 Å². The molecule has 3 aromatic rings. The van der Waals surface area contributed by atoms with Crippen molar-refractivity contribution in [3.05, 3.63) is 72.9 Å². The number of nitrogens with one attached hydrogen (secondary N) is 6. The Kier molecular flexibility index (Phi) is 8.23. The fourth-order valence-corrected chi connectivity index (χ4v) is 4.58. The van der Waals surface area contributed by atoms with Crippen molar-refractivity contribution in [1.29, 1.82) is 0 Å². The van der Waals surface area contributed by atoms with Gasteiger partial charge in [0.05, 0.1) is 20.5 Å². The summed E-state index contributed by atoms with van der Waals surface area (Å²) in [6.07, 6.45) is 7.98. The van der Waals surface area contributed by atoms with Crippen molar-refractivity contribution >= 4 is 83.5 Å². The molecular formula is C22H21Br3N10O3. The standard InChI is InChI=1S/C22H21Br3N10O3/c23-10-7-13(30-9-10)17(36)28-5-1-3-12-15(33-20(26)32-12)22(19(38)34-21(27)35-22)4-2-6-29-18(37)14-8-11(24)16(25)31-14/h1-4,7-9,30-31H,5-6H2,(H,28,36)(H,29,37)(H3,26,32,33)(H3,27,34,35,38). The van der Waals surface area contributed by atoms with Crippen LogP contribution in [0.3, 0.4) is 0 Å². The lowest BCUT2D eigenvalue weighted by Gasteiger charge is -2.18. The number of anilines is 1. The van der Waals surface area contributed by atoms with E-state index in [-0.39, 0.29) is 42.5 Å². The summed E-state index contributed by atoms with van der Waals surface area (Å²) in [5.74, 6) is -1.21. The molecule has 38 heavy (non-hydrogen) atoms. The number of nitrogens with zero attached hydrogens (tertiary/aromatic N) is 2. The Morgan fingerprint density at radius 1 is 1.03 bits per heavy atom. The number of rotatable bonds is 9. The molecule has 13 nitrogen and oxygen atoms in total. The molecule has 10 N–H and O–H groups in total. The van der Waals surface area contributed by atoms with Crippen molar-refractivity contribution in [2.24, 2.45) is 10.7 Å². The van der Waals surface area contributed by atoms with Gasteiger partial charge in [0.2, 0.25) is 5.54 Å². The van der Waals surface area contributed by atoms with Crippen LogP contribution in [0.1, 0.15) is 32.4 Å². The number of imidazole rings is 1. The maximum atomic E-state index is 13.0. The first kappa shape index (κ1) is 27.4. The Labute approximate surface area is 240 Å². The SMILES string of the molecule is NC1=NC(C=CCNC(=O)c2cc(Br)c(Br)[nH]2)(c2[nH]c(N)nc2C=CCNC(=O)c2cc(Br)c[nH]2)C(=O)N1. The minimum absolute atomic E-state index is 0.0531. The van der Waals surface area contributed by atoms with Crippen molar-refractivity contribution in [3.8, 4) is 0 Å². The third-order valence-electron chi connectivity index (χ3n) is 5.27. The van der Waals surface area contributed by atoms with Gasteiger partial charge in [-0.05, 0) is 72.1 Å². The van der Waals surface area contributed by atoms with Crippen LogP contribution in [-0.2, 0) is 10.3 Å². The summed E-state index contributed by atoms with van der Waals surface area (Å²) in [4.78, 5) is 54.8. The minimum Gasteiger partial charge on any atom is -0.370 e. The first-order valence-corrected chi connectivity index (χ1v) is 13.3. The predicted octanol–water partition coefficient (Wildman–Crippen LogP) is 2.00. The predicted molar refractivity (Wildman–Crippen MR) is 152 cm³/mol. The Hall–Kier alpha value is -3.63. The lowest BCUT2D eigenvalue weighted by Crippen LogP contribution is -2.38. The molecule has 0 bridgehead atoms. The molecule has 4 rings (SSSR count). The van der Waals surface area contributed by atoms with Crippen LogP contribution in [0.2, 0.25) is 0 Å². The van der Waals surface area contributed by atoms with E-state index in [0.29, 0.717) is 26.2 Å². The fourth-order valence-electron chi connectivity index (χ4n) is 3.58. The summed E-state index contributed by atoms with van der Waals surface area (Å²) in [5.41, 5.74) is 11.5. The highest BCUT2D eigenvalue weighted by atomic mass is 79.9. The summed E-state index contributed by atoms with van der Waals surface area (Å²) in [6.45, 7) is 0.270. The number of guanidine groups is 1. The Morgan fingerprint density at radius 3 is 2.34 bits per heavy atom. The third-order valence-corrected chi connectivity index (χ3v) is 7.51. The molecule has 0 fully saturated rings. The van der Waals surface area contributed by atoms with Crippen LogP contribution in [-0.4, -0.2) is 56.7 Å². The number of H-pyrrole nitrogens is 3. The summed E-state index contributed by atoms with van der Waals surface area (Å²) in [6, 6.07) is 3.28. The van der Waals surface area contributed by atoms with Gasteiger partial charge in [-0.25, -0.2) is 9.98 Å². The number of halogens is 3. The van der Waals surface area contributed by atoms with Gasteiger partial charge in [-0.15, -0.1) is 0 Å². The Bertz CT molecular complexity index is 1470. The molecule has 0 aromatic carbocycles.